The van der Waals surface area contributed by atoms with Crippen LogP contribution in [0, 0.1) is 5.92 Å². The molecule has 0 aromatic rings. The highest BCUT2D eigenvalue weighted by Gasteiger charge is 2.31. The van der Waals surface area contributed by atoms with Crippen LogP contribution in [0.3, 0.4) is 0 Å². The van der Waals surface area contributed by atoms with Crippen molar-refractivity contribution in [1.29, 1.82) is 0 Å². The number of amides is 1. The first-order valence-corrected chi connectivity index (χ1v) is 8.65. The fourth-order valence-corrected chi connectivity index (χ4v) is 3.87. The van der Waals surface area contributed by atoms with Crippen molar-refractivity contribution in [2.75, 3.05) is 31.9 Å². The van der Waals surface area contributed by atoms with Gasteiger partial charge in [0.15, 0.2) is 0 Å². The van der Waals surface area contributed by atoms with Gasteiger partial charge in [-0.15, -0.1) is 0 Å². The summed E-state index contributed by atoms with van der Waals surface area (Å²) in [5, 5.41) is 11.2. The molecule has 1 atom stereocenters. The number of nitrogens with one attached hydrogen (secondary N) is 1. The van der Waals surface area contributed by atoms with Crippen molar-refractivity contribution in [3.8, 4) is 0 Å². The summed E-state index contributed by atoms with van der Waals surface area (Å²) in [6.07, 6.45) is 1.18. The second-order valence-electron chi connectivity index (χ2n) is 5.09. The quantitative estimate of drug-likeness (QED) is 0.524. The Labute approximate surface area is 124 Å². The molecule has 0 bridgehead atoms. The first-order chi connectivity index (χ1) is 9.86. The van der Waals surface area contributed by atoms with Gasteiger partial charge in [-0.1, -0.05) is 0 Å². The second kappa shape index (κ2) is 8.30. The molecule has 1 aliphatic rings. The molecule has 9 heteroatoms. The van der Waals surface area contributed by atoms with E-state index >= 15 is 0 Å². The Morgan fingerprint density at radius 3 is 2.71 bits per heavy atom. The molecule has 1 saturated heterocycles. The summed E-state index contributed by atoms with van der Waals surface area (Å²) < 4.78 is 25.6. The number of carbonyl (C=O) groups excluding carboxylic acids is 1. The van der Waals surface area contributed by atoms with Gasteiger partial charge < -0.3 is 16.2 Å². The average molecular weight is 321 g/mol. The highest BCUT2D eigenvalue weighted by atomic mass is 32.2. The van der Waals surface area contributed by atoms with E-state index in [1.165, 1.54) is 4.31 Å². The molecule has 0 aromatic heterocycles. The van der Waals surface area contributed by atoms with Crippen LogP contribution in [0.2, 0.25) is 0 Å². The van der Waals surface area contributed by atoms with Crippen LogP contribution in [0.1, 0.15) is 25.7 Å². The number of carboxylic acids is 1. The van der Waals surface area contributed by atoms with Crippen molar-refractivity contribution < 1.29 is 23.1 Å². The molecule has 1 rings (SSSR count). The van der Waals surface area contributed by atoms with Gasteiger partial charge in [0, 0.05) is 32.6 Å². The number of carboxylic acid groups (broad SMARTS) is 1. The largest absolute Gasteiger partial charge is 0.481 e. The molecule has 1 amide bonds. The minimum atomic E-state index is -3.50. The number of rotatable bonds is 8. The third kappa shape index (κ3) is 5.98. The zero-order valence-electron chi connectivity index (χ0n) is 12.0. The molecule has 0 saturated carbocycles. The Bertz CT molecular complexity index is 466. The number of sulfonamides is 1. The van der Waals surface area contributed by atoms with Crippen LogP contribution < -0.4 is 11.1 Å². The lowest BCUT2D eigenvalue weighted by Crippen LogP contribution is -2.46. The van der Waals surface area contributed by atoms with Gasteiger partial charge in [0.2, 0.25) is 15.9 Å². The number of piperidine rings is 1. The molecule has 0 aliphatic carbocycles. The minimum absolute atomic E-state index is 0.0816. The molecule has 1 heterocycles. The molecule has 4 N–H and O–H groups in total. The Balaban J connectivity index is 2.54. The highest BCUT2D eigenvalue weighted by Crippen LogP contribution is 2.20. The number of carbonyl (C=O) groups is 2. The van der Waals surface area contributed by atoms with Crippen molar-refractivity contribution >= 4 is 21.9 Å². The fourth-order valence-electron chi connectivity index (χ4n) is 2.28. The maximum absolute atomic E-state index is 12.1. The summed E-state index contributed by atoms with van der Waals surface area (Å²) in [6, 6.07) is 0. The first-order valence-electron chi connectivity index (χ1n) is 7.04. The van der Waals surface area contributed by atoms with E-state index in [0.29, 0.717) is 32.5 Å². The molecule has 122 valence electrons. The van der Waals surface area contributed by atoms with Gasteiger partial charge in [0.1, 0.15) is 0 Å². The van der Waals surface area contributed by atoms with Gasteiger partial charge >= 0.3 is 5.97 Å². The van der Waals surface area contributed by atoms with E-state index in [-0.39, 0.29) is 37.0 Å². The smallest absolute Gasteiger partial charge is 0.303 e. The fraction of sp³-hybridized carbons (Fsp3) is 0.833. The molecule has 1 unspecified atom stereocenters. The van der Waals surface area contributed by atoms with E-state index in [0.717, 1.165) is 0 Å². The summed E-state index contributed by atoms with van der Waals surface area (Å²) in [5.41, 5.74) is 5.31. The Kier molecular flexibility index (Phi) is 7.06. The Morgan fingerprint density at radius 2 is 2.10 bits per heavy atom. The van der Waals surface area contributed by atoms with E-state index in [2.05, 4.69) is 5.32 Å². The lowest BCUT2D eigenvalue weighted by Gasteiger charge is -2.31. The number of hydrogen-bond donors (Lipinski definition) is 3. The van der Waals surface area contributed by atoms with Crippen molar-refractivity contribution in [1.82, 2.24) is 9.62 Å². The van der Waals surface area contributed by atoms with Crippen LogP contribution in [0.25, 0.3) is 0 Å². The predicted molar refractivity (Wildman–Crippen MR) is 77.0 cm³/mol. The van der Waals surface area contributed by atoms with Gasteiger partial charge in [-0.3, -0.25) is 9.59 Å². The van der Waals surface area contributed by atoms with Crippen LogP contribution >= 0.6 is 0 Å². The minimum Gasteiger partial charge on any atom is -0.481 e. The lowest BCUT2D eigenvalue weighted by molar-refractivity contribution is -0.137. The van der Waals surface area contributed by atoms with Crippen molar-refractivity contribution in [2.24, 2.45) is 11.7 Å². The van der Waals surface area contributed by atoms with Crippen molar-refractivity contribution in [3.63, 3.8) is 0 Å². The summed E-state index contributed by atoms with van der Waals surface area (Å²) >= 11 is 0. The molecule has 0 aromatic carbocycles. The number of hydrogen-bond acceptors (Lipinski definition) is 5. The standard InChI is InChI=1S/C12H23N3O5S/c13-5-6-14-12(18)10-3-1-7-15(9-10)21(19,20)8-2-4-11(16)17/h10H,1-9,13H2,(H,14,18)(H,16,17). The van der Waals surface area contributed by atoms with Crippen molar-refractivity contribution in [3.05, 3.63) is 0 Å². The third-order valence-corrected chi connectivity index (χ3v) is 5.31. The maximum Gasteiger partial charge on any atom is 0.303 e. The number of aliphatic carboxylic acids is 1. The predicted octanol–water partition coefficient (Wildman–Crippen LogP) is -1.03. The molecule has 0 radical (unpaired) electrons. The number of nitrogens with zero attached hydrogens (tertiary/aromatic N) is 1. The topological polar surface area (TPSA) is 130 Å². The van der Waals surface area contributed by atoms with E-state index in [1.807, 2.05) is 0 Å². The van der Waals surface area contributed by atoms with Crippen LogP contribution in [0.5, 0.6) is 0 Å². The van der Waals surface area contributed by atoms with Gasteiger partial charge in [0.05, 0.1) is 11.7 Å². The van der Waals surface area contributed by atoms with Gasteiger partial charge in [-0.2, -0.15) is 0 Å². The van der Waals surface area contributed by atoms with Crippen LogP contribution in [0.15, 0.2) is 0 Å². The van der Waals surface area contributed by atoms with E-state index < -0.39 is 16.0 Å². The summed E-state index contributed by atoms with van der Waals surface area (Å²) in [4.78, 5) is 22.3. The molecular formula is C12H23N3O5S. The zero-order chi connectivity index (χ0) is 15.9. The molecule has 1 aliphatic heterocycles. The lowest BCUT2D eigenvalue weighted by atomic mass is 9.99. The average Bonchev–Trinajstić information content (AvgIpc) is 2.44. The van der Waals surface area contributed by atoms with E-state index in [4.69, 9.17) is 10.8 Å². The SMILES string of the molecule is NCCNC(=O)C1CCCN(S(=O)(=O)CCCC(=O)O)C1. The van der Waals surface area contributed by atoms with Gasteiger partial charge in [-0.05, 0) is 19.3 Å². The van der Waals surface area contributed by atoms with Gasteiger partial charge in [0.25, 0.3) is 0 Å². The first kappa shape index (κ1) is 17.9. The van der Waals surface area contributed by atoms with E-state index in [9.17, 15) is 18.0 Å². The molecule has 0 spiro atoms. The zero-order valence-corrected chi connectivity index (χ0v) is 12.8. The highest BCUT2D eigenvalue weighted by molar-refractivity contribution is 7.89. The molecular weight excluding hydrogens is 298 g/mol. The monoisotopic (exact) mass is 321 g/mol. The second-order valence-corrected chi connectivity index (χ2v) is 7.18. The summed E-state index contributed by atoms with van der Waals surface area (Å²) in [7, 11) is -3.50. The molecule has 1 fully saturated rings. The Hall–Kier alpha value is -1.19. The molecule has 21 heavy (non-hydrogen) atoms. The van der Waals surface area contributed by atoms with Crippen LogP contribution in [0.4, 0.5) is 0 Å². The van der Waals surface area contributed by atoms with Crippen LogP contribution in [-0.4, -0.2) is 61.6 Å². The maximum atomic E-state index is 12.1. The van der Waals surface area contributed by atoms with Crippen LogP contribution in [-0.2, 0) is 19.6 Å². The third-order valence-electron chi connectivity index (χ3n) is 3.38. The number of nitrogens with two attached hydrogens (primary N) is 1. The molecule has 8 nitrogen and oxygen atoms in total. The summed E-state index contributed by atoms with van der Waals surface area (Å²) in [6.45, 7) is 1.26. The van der Waals surface area contributed by atoms with E-state index in [1.54, 1.807) is 0 Å². The van der Waals surface area contributed by atoms with Crippen molar-refractivity contribution in [2.45, 2.75) is 25.7 Å². The summed E-state index contributed by atoms with van der Waals surface area (Å²) in [5.74, 6) is -1.75. The Morgan fingerprint density at radius 1 is 1.38 bits per heavy atom. The normalized spacial score (nSPS) is 20.1. The van der Waals surface area contributed by atoms with Gasteiger partial charge in [-0.25, -0.2) is 12.7 Å².